The Kier molecular flexibility index (Phi) is 8.23. The van der Waals surface area contributed by atoms with Crippen LogP contribution in [0.3, 0.4) is 0 Å². The summed E-state index contributed by atoms with van der Waals surface area (Å²) < 4.78 is 15.4. The Balaban J connectivity index is 1.85. The summed E-state index contributed by atoms with van der Waals surface area (Å²) in [7, 11) is 2.95. The van der Waals surface area contributed by atoms with Crippen molar-refractivity contribution in [1.82, 2.24) is 5.32 Å². The molecule has 0 saturated heterocycles. The second-order valence-corrected chi connectivity index (χ2v) is 8.20. The van der Waals surface area contributed by atoms with Gasteiger partial charge in [-0.15, -0.1) is 0 Å². The number of carbonyl (C=O) groups excluding carboxylic acids is 3. The van der Waals surface area contributed by atoms with Gasteiger partial charge in [-0.3, -0.25) is 14.4 Å². The molecular weight excluding hydrogens is 412 g/mol. The molecule has 0 aromatic heterocycles. The summed E-state index contributed by atoms with van der Waals surface area (Å²) in [5.41, 5.74) is 2.04. The Bertz CT molecular complexity index is 963. The Hall–Kier alpha value is -3.55. The minimum absolute atomic E-state index is 0.00669. The zero-order valence-corrected chi connectivity index (χ0v) is 19.3. The maximum absolute atomic E-state index is 12.3. The number of carbonyl (C=O) groups is 3. The second kappa shape index (κ2) is 10.7. The van der Waals surface area contributed by atoms with Crippen molar-refractivity contribution in [2.24, 2.45) is 0 Å². The Morgan fingerprint density at radius 1 is 0.938 bits per heavy atom. The molecule has 2 rings (SSSR count). The fourth-order valence-corrected chi connectivity index (χ4v) is 2.82. The van der Waals surface area contributed by atoms with E-state index in [1.165, 1.54) is 27.2 Å². The number of methoxy groups -OCH3 is 2. The highest BCUT2D eigenvalue weighted by molar-refractivity contribution is 5.97. The zero-order chi connectivity index (χ0) is 23.9. The first-order valence-electron chi connectivity index (χ1n) is 10.2. The summed E-state index contributed by atoms with van der Waals surface area (Å²) >= 11 is 0. The number of hydrogen-bond donors (Lipinski definition) is 2. The molecular formula is C24H30N2O6. The van der Waals surface area contributed by atoms with Gasteiger partial charge in [-0.25, -0.2) is 0 Å². The van der Waals surface area contributed by atoms with E-state index in [-0.39, 0.29) is 12.0 Å². The van der Waals surface area contributed by atoms with Crippen molar-refractivity contribution in [3.8, 4) is 11.5 Å². The first-order valence-corrected chi connectivity index (χ1v) is 10.2. The largest absolute Gasteiger partial charge is 0.493 e. The number of ether oxygens (including phenoxy) is 3. The van der Waals surface area contributed by atoms with Gasteiger partial charge in [0.1, 0.15) is 6.54 Å². The van der Waals surface area contributed by atoms with Crippen LogP contribution < -0.4 is 20.1 Å². The van der Waals surface area contributed by atoms with Gasteiger partial charge in [0, 0.05) is 11.3 Å². The molecule has 0 spiro atoms. The third-order valence-electron chi connectivity index (χ3n) is 4.73. The molecule has 1 unspecified atom stereocenters. The van der Waals surface area contributed by atoms with Crippen LogP contribution in [0.2, 0.25) is 0 Å². The third-order valence-corrected chi connectivity index (χ3v) is 4.73. The normalized spacial score (nSPS) is 11.8. The lowest BCUT2D eigenvalue weighted by molar-refractivity contribution is -0.152. The fourth-order valence-electron chi connectivity index (χ4n) is 2.82. The highest BCUT2D eigenvalue weighted by atomic mass is 16.5. The molecule has 2 amide bonds. The molecule has 2 N–H and O–H groups in total. The van der Waals surface area contributed by atoms with E-state index >= 15 is 0 Å². The van der Waals surface area contributed by atoms with Crippen LogP contribution in [0.15, 0.2) is 42.5 Å². The quantitative estimate of drug-likeness (QED) is 0.608. The number of esters is 1. The number of hydrogen-bond acceptors (Lipinski definition) is 6. The first kappa shape index (κ1) is 24.7. The van der Waals surface area contributed by atoms with E-state index in [2.05, 4.69) is 31.4 Å². The smallest absolute Gasteiger partial charge is 0.326 e. The summed E-state index contributed by atoms with van der Waals surface area (Å²) in [6, 6.07) is 12.1. The first-order chi connectivity index (χ1) is 15.0. The maximum Gasteiger partial charge on any atom is 0.326 e. The molecule has 0 heterocycles. The van der Waals surface area contributed by atoms with E-state index in [1.807, 2.05) is 12.1 Å². The van der Waals surface area contributed by atoms with Crippen molar-refractivity contribution >= 4 is 23.5 Å². The van der Waals surface area contributed by atoms with Crippen LogP contribution in [-0.4, -0.2) is 44.7 Å². The van der Waals surface area contributed by atoms with E-state index in [0.717, 1.165) is 5.56 Å². The van der Waals surface area contributed by atoms with Gasteiger partial charge in [0.15, 0.2) is 17.6 Å². The number of rotatable bonds is 8. The number of anilines is 1. The Morgan fingerprint density at radius 2 is 1.56 bits per heavy atom. The van der Waals surface area contributed by atoms with E-state index in [9.17, 15) is 14.4 Å². The van der Waals surface area contributed by atoms with Gasteiger partial charge >= 0.3 is 5.97 Å². The summed E-state index contributed by atoms with van der Waals surface area (Å²) in [4.78, 5) is 36.7. The van der Waals surface area contributed by atoms with Gasteiger partial charge < -0.3 is 24.8 Å². The topological polar surface area (TPSA) is 103 Å². The monoisotopic (exact) mass is 442 g/mol. The van der Waals surface area contributed by atoms with Crippen molar-refractivity contribution in [1.29, 1.82) is 0 Å². The van der Waals surface area contributed by atoms with E-state index in [1.54, 1.807) is 24.3 Å². The SMILES string of the molecule is COc1ccc(C(=O)NCC(=O)OC(C)C(=O)Nc2ccc(C(C)(C)C)cc2)cc1OC. The molecule has 8 nitrogen and oxygen atoms in total. The molecule has 2 aromatic rings. The summed E-state index contributed by atoms with van der Waals surface area (Å²) in [6.07, 6.45) is -1.03. The van der Waals surface area contributed by atoms with Crippen LogP contribution in [0.5, 0.6) is 11.5 Å². The molecule has 0 bridgehead atoms. The van der Waals surface area contributed by atoms with Gasteiger partial charge in [-0.05, 0) is 48.2 Å². The van der Waals surface area contributed by atoms with Crippen molar-refractivity contribution in [2.45, 2.75) is 39.2 Å². The minimum Gasteiger partial charge on any atom is -0.493 e. The van der Waals surface area contributed by atoms with Gasteiger partial charge in [-0.2, -0.15) is 0 Å². The molecule has 0 fully saturated rings. The molecule has 0 aliphatic rings. The van der Waals surface area contributed by atoms with Crippen LogP contribution in [0.4, 0.5) is 5.69 Å². The standard InChI is InChI=1S/C24H30N2O6/c1-15(22(28)26-18-10-8-17(9-11-18)24(2,3)4)32-21(27)14-25-23(29)16-7-12-19(30-5)20(13-16)31-6/h7-13,15H,14H2,1-6H3,(H,25,29)(H,26,28). The van der Waals surface area contributed by atoms with Gasteiger partial charge in [0.25, 0.3) is 11.8 Å². The lowest BCUT2D eigenvalue weighted by atomic mass is 9.87. The van der Waals surface area contributed by atoms with Crippen molar-refractivity contribution in [3.63, 3.8) is 0 Å². The lowest BCUT2D eigenvalue weighted by Crippen LogP contribution is -2.35. The summed E-state index contributed by atoms with van der Waals surface area (Å²) in [6.45, 7) is 7.39. The number of amides is 2. The van der Waals surface area contributed by atoms with E-state index in [0.29, 0.717) is 22.7 Å². The van der Waals surface area contributed by atoms with Crippen LogP contribution in [0.1, 0.15) is 43.6 Å². The number of benzene rings is 2. The second-order valence-electron chi connectivity index (χ2n) is 8.20. The molecule has 172 valence electrons. The number of nitrogens with one attached hydrogen (secondary N) is 2. The molecule has 0 saturated carbocycles. The highest BCUT2D eigenvalue weighted by Gasteiger charge is 2.20. The van der Waals surface area contributed by atoms with E-state index in [4.69, 9.17) is 14.2 Å². The minimum atomic E-state index is -1.03. The molecule has 2 aromatic carbocycles. The molecule has 8 heteroatoms. The van der Waals surface area contributed by atoms with Crippen molar-refractivity contribution in [2.75, 3.05) is 26.1 Å². The van der Waals surface area contributed by atoms with Crippen LogP contribution in [0, 0.1) is 0 Å². The molecule has 0 radical (unpaired) electrons. The lowest BCUT2D eigenvalue weighted by Gasteiger charge is -2.19. The predicted octanol–water partition coefficient (Wildman–Crippen LogP) is 3.30. The molecule has 1 atom stereocenters. The predicted molar refractivity (Wildman–Crippen MR) is 121 cm³/mol. The maximum atomic E-state index is 12.3. The fraction of sp³-hybridized carbons (Fsp3) is 0.375. The third kappa shape index (κ3) is 6.73. The average molecular weight is 443 g/mol. The van der Waals surface area contributed by atoms with Gasteiger partial charge in [0.05, 0.1) is 14.2 Å². The van der Waals surface area contributed by atoms with Crippen molar-refractivity contribution in [3.05, 3.63) is 53.6 Å². The molecule has 0 aliphatic carbocycles. The van der Waals surface area contributed by atoms with Crippen LogP contribution in [-0.2, 0) is 19.7 Å². The van der Waals surface area contributed by atoms with Gasteiger partial charge in [-0.1, -0.05) is 32.9 Å². The zero-order valence-electron chi connectivity index (χ0n) is 19.3. The van der Waals surface area contributed by atoms with E-state index < -0.39 is 23.9 Å². The Morgan fingerprint density at radius 3 is 2.12 bits per heavy atom. The van der Waals surface area contributed by atoms with Crippen LogP contribution >= 0.6 is 0 Å². The summed E-state index contributed by atoms with van der Waals surface area (Å²) in [5, 5.41) is 5.17. The van der Waals surface area contributed by atoms with Crippen molar-refractivity contribution < 1.29 is 28.6 Å². The summed E-state index contributed by atoms with van der Waals surface area (Å²) in [5.74, 6) is -0.809. The molecule has 0 aliphatic heterocycles. The van der Waals surface area contributed by atoms with Crippen LogP contribution in [0.25, 0.3) is 0 Å². The van der Waals surface area contributed by atoms with Gasteiger partial charge in [0.2, 0.25) is 0 Å². The average Bonchev–Trinajstić information content (AvgIpc) is 2.76. The Labute approximate surface area is 188 Å². The molecule has 32 heavy (non-hydrogen) atoms. The highest BCUT2D eigenvalue weighted by Crippen LogP contribution is 2.27.